The second-order valence-corrected chi connectivity index (χ2v) is 2.77. The van der Waals surface area contributed by atoms with Crippen LogP contribution < -0.4 is 3.78 Å². The maximum atomic E-state index is 12.1. The molecule has 0 aliphatic carbocycles. The quantitative estimate of drug-likeness (QED) is 0.711. The molecule has 1 N–H and O–H groups in total. The first-order valence-corrected chi connectivity index (χ1v) is 3.83. The molecule has 0 aliphatic rings. The predicted octanol–water partition coefficient (Wildman–Crippen LogP) is 1.09. The van der Waals surface area contributed by atoms with E-state index in [0.29, 0.717) is 0 Å². The van der Waals surface area contributed by atoms with E-state index in [1.807, 2.05) is 0 Å². The van der Waals surface area contributed by atoms with Crippen molar-refractivity contribution in [1.82, 2.24) is 0 Å². The van der Waals surface area contributed by atoms with Crippen LogP contribution in [0.1, 0.15) is 6.92 Å². The summed E-state index contributed by atoms with van der Waals surface area (Å²) < 4.78 is 13.0. The van der Waals surface area contributed by atoms with Gasteiger partial charge in [-0.3, -0.25) is 4.79 Å². The molecule has 0 aliphatic heterocycles. The van der Waals surface area contributed by atoms with Gasteiger partial charge in [0.15, 0.2) is 0 Å². The number of carbonyl (C=O) groups is 1. The second-order valence-electron chi connectivity index (χ2n) is 1.91. The first-order chi connectivity index (χ1) is 5.52. The summed E-state index contributed by atoms with van der Waals surface area (Å²) in [5, 5.41) is 7.42. The van der Waals surface area contributed by atoms with E-state index in [4.69, 9.17) is 9.90 Å². The summed E-state index contributed by atoms with van der Waals surface area (Å²) in [6, 6.07) is 6.13. The van der Waals surface area contributed by atoms with Crippen molar-refractivity contribution in [3.05, 3.63) is 30.1 Å². The van der Waals surface area contributed by atoms with E-state index in [1.54, 1.807) is 12.1 Å². The van der Waals surface area contributed by atoms with Crippen LogP contribution in [0.25, 0.3) is 0 Å². The average Bonchev–Trinajstić information content (AvgIpc) is 1.94. The van der Waals surface area contributed by atoms with Gasteiger partial charge in [-0.2, -0.15) is 0 Å². The van der Waals surface area contributed by atoms with Crippen molar-refractivity contribution in [2.24, 2.45) is 0 Å². The third-order valence-electron chi connectivity index (χ3n) is 0.778. The van der Waals surface area contributed by atoms with Gasteiger partial charge in [-0.1, -0.05) is 0 Å². The summed E-state index contributed by atoms with van der Waals surface area (Å²) in [4.78, 5) is 9.00. The molecule has 0 fully saturated rings. The third-order valence-corrected chi connectivity index (χ3v) is 1.27. The molecule has 0 saturated heterocycles. The number of halogens is 1. The summed E-state index contributed by atoms with van der Waals surface area (Å²) in [6.45, 7) is 1.08. The molecular weight excluding hydrogens is 255 g/mol. The minimum atomic E-state index is -0.833. The number of carboxylic acids is 1. The van der Waals surface area contributed by atoms with Gasteiger partial charge in [-0.15, -0.1) is 0 Å². The summed E-state index contributed by atoms with van der Waals surface area (Å²) in [6.07, 6.45) is 0. The van der Waals surface area contributed by atoms with E-state index in [9.17, 15) is 4.39 Å². The van der Waals surface area contributed by atoms with Gasteiger partial charge in [0.05, 0.1) is 0 Å². The van der Waals surface area contributed by atoms with Gasteiger partial charge in [0.1, 0.15) is 0 Å². The number of carboxylic acid groups (broad SMARTS) is 1. The Bertz CT molecular complexity index is 221. The molecule has 0 spiro atoms. The fourth-order valence-electron chi connectivity index (χ4n) is 0.417. The molecule has 70 valence electrons. The standard InChI is InChI=1S/C6H4F.C2H4O2.Ag/c7-6-4-2-1-3-5-6;1-2(3)4;/h2-5H;1H3,(H,3,4);. The SMILES string of the molecule is CC(=O)O.Fc1cc[c]([Ag])cc1. The number of hydrogen-bond acceptors (Lipinski definition) is 1. The Morgan fingerprint density at radius 3 is 2.00 bits per heavy atom. The first-order valence-electron chi connectivity index (χ1n) is 3.09. The van der Waals surface area contributed by atoms with Crippen molar-refractivity contribution in [3.63, 3.8) is 0 Å². The molecule has 0 heterocycles. The Balaban J connectivity index is 0.000000261. The van der Waals surface area contributed by atoms with Crippen LogP contribution in [0.3, 0.4) is 0 Å². The Morgan fingerprint density at radius 1 is 1.42 bits per heavy atom. The molecule has 0 bridgehead atoms. The van der Waals surface area contributed by atoms with Crippen molar-refractivity contribution in [2.45, 2.75) is 6.92 Å². The van der Waals surface area contributed by atoms with E-state index in [2.05, 4.69) is 21.1 Å². The number of benzene rings is 1. The molecule has 1 rings (SSSR count). The van der Waals surface area contributed by atoms with E-state index >= 15 is 0 Å². The van der Waals surface area contributed by atoms with Gasteiger partial charge in [0.2, 0.25) is 0 Å². The van der Waals surface area contributed by atoms with Crippen molar-refractivity contribution >= 4 is 9.75 Å². The predicted molar refractivity (Wildman–Crippen MR) is 39.3 cm³/mol. The molecule has 1 aromatic carbocycles. The summed E-state index contributed by atoms with van der Waals surface area (Å²) in [5.74, 6) is -1.03. The summed E-state index contributed by atoms with van der Waals surface area (Å²) in [5.41, 5.74) is 0. The van der Waals surface area contributed by atoms with Gasteiger partial charge in [-0.05, 0) is 0 Å². The Morgan fingerprint density at radius 2 is 1.75 bits per heavy atom. The fraction of sp³-hybridized carbons (Fsp3) is 0.125. The zero-order chi connectivity index (χ0) is 9.56. The topological polar surface area (TPSA) is 37.3 Å². The molecule has 4 heteroatoms. The zero-order valence-corrected chi connectivity index (χ0v) is 7.83. The molecule has 0 unspecified atom stereocenters. The molecule has 2 nitrogen and oxygen atoms in total. The normalized spacial score (nSPS) is 8.33. The molecule has 12 heavy (non-hydrogen) atoms. The second kappa shape index (κ2) is 5.94. The van der Waals surface area contributed by atoms with Crippen molar-refractivity contribution in [3.8, 4) is 0 Å². The Hall–Kier alpha value is -0.640. The Labute approximate surface area is 82.3 Å². The fourth-order valence-corrected chi connectivity index (χ4v) is 0.664. The summed E-state index contributed by atoms with van der Waals surface area (Å²) >= 11 is 3.20. The molecule has 1 aromatic rings. The third kappa shape index (κ3) is 7.47. The van der Waals surface area contributed by atoms with Gasteiger partial charge < -0.3 is 5.11 Å². The number of aliphatic carboxylic acids is 1. The first kappa shape index (κ1) is 11.4. The zero-order valence-electron chi connectivity index (χ0n) is 6.34. The number of hydrogen-bond donors (Lipinski definition) is 1. The van der Waals surface area contributed by atoms with E-state index in [1.165, 1.54) is 12.1 Å². The summed E-state index contributed by atoms with van der Waals surface area (Å²) in [7, 11) is 0. The van der Waals surface area contributed by atoms with E-state index < -0.39 is 5.97 Å². The molecular formula is C8H8AgFO2. The van der Waals surface area contributed by atoms with Crippen LogP contribution in [0.4, 0.5) is 4.39 Å². The van der Waals surface area contributed by atoms with Crippen molar-refractivity contribution in [2.75, 3.05) is 0 Å². The van der Waals surface area contributed by atoms with Crippen LogP contribution >= 0.6 is 0 Å². The molecule has 0 aromatic heterocycles. The maximum absolute atomic E-state index is 12.1. The van der Waals surface area contributed by atoms with Crippen LogP contribution in [0.2, 0.25) is 0 Å². The van der Waals surface area contributed by atoms with Crippen LogP contribution in [0.5, 0.6) is 0 Å². The van der Waals surface area contributed by atoms with Crippen molar-refractivity contribution in [1.29, 1.82) is 0 Å². The molecule has 0 amide bonds. The average molecular weight is 263 g/mol. The molecule has 0 atom stereocenters. The minimum absolute atomic E-state index is 0.201. The van der Waals surface area contributed by atoms with Crippen LogP contribution in [-0.4, -0.2) is 11.1 Å². The monoisotopic (exact) mass is 262 g/mol. The number of rotatable bonds is 0. The van der Waals surface area contributed by atoms with Crippen molar-refractivity contribution < 1.29 is 35.4 Å². The van der Waals surface area contributed by atoms with E-state index in [0.717, 1.165) is 10.7 Å². The molecule has 0 saturated carbocycles. The van der Waals surface area contributed by atoms with Gasteiger partial charge >= 0.3 is 59.3 Å². The Kier molecular flexibility index (Phi) is 5.62. The van der Waals surface area contributed by atoms with Crippen LogP contribution in [0.15, 0.2) is 24.3 Å². The van der Waals surface area contributed by atoms with Crippen LogP contribution in [-0.2, 0) is 25.9 Å². The van der Waals surface area contributed by atoms with E-state index in [-0.39, 0.29) is 5.82 Å². The molecule has 0 radical (unpaired) electrons. The van der Waals surface area contributed by atoms with Crippen LogP contribution in [0, 0.1) is 5.82 Å². The van der Waals surface area contributed by atoms with Gasteiger partial charge in [0.25, 0.3) is 5.97 Å². The van der Waals surface area contributed by atoms with Gasteiger partial charge in [-0.25, -0.2) is 0 Å². The van der Waals surface area contributed by atoms with Gasteiger partial charge in [0, 0.05) is 6.92 Å².